The van der Waals surface area contributed by atoms with Crippen molar-refractivity contribution in [2.75, 3.05) is 0 Å². The van der Waals surface area contributed by atoms with Crippen molar-refractivity contribution in [2.45, 2.75) is 0 Å². The van der Waals surface area contributed by atoms with Crippen LogP contribution in [0.25, 0.3) is 10.8 Å². The minimum atomic E-state index is -0.446. The van der Waals surface area contributed by atoms with Gasteiger partial charge < -0.3 is 0 Å². The smallest absolute Gasteiger partial charge is 0.0112 e. The van der Waals surface area contributed by atoms with Gasteiger partial charge in [0.1, 0.15) is 0 Å². The van der Waals surface area contributed by atoms with Crippen LogP contribution in [0.15, 0.2) is 133 Å². The van der Waals surface area contributed by atoms with Crippen LogP contribution in [0.1, 0.15) is 0 Å². The zero-order valence-electron chi connectivity index (χ0n) is 16.7. The van der Waals surface area contributed by atoms with Gasteiger partial charge in [0.2, 0.25) is 0 Å². The van der Waals surface area contributed by atoms with E-state index in [1.807, 2.05) is 0 Å². The van der Waals surface area contributed by atoms with Crippen LogP contribution in [-0.4, -0.2) is 0 Å². The third kappa shape index (κ3) is 5.03. The van der Waals surface area contributed by atoms with Crippen molar-refractivity contribution in [1.29, 1.82) is 0 Å². The average molecular weight is 422 g/mol. The molecule has 1 unspecified atom stereocenters. The Morgan fingerprint density at radius 1 is 0.400 bits per heavy atom. The predicted molar refractivity (Wildman–Crippen MR) is 138 cm³/mol. The van der Waals surface area contributed by atoms with E-state index in [0.29, 0.717) is 0 Å². The Hall–Kier alpha value is -2.78. The summed E-state index contributed by atoms with van der Waals surface area (Å²) in [6.07, 6.45) is 0. The van der Waals surface area contributed by atoms with Gasteiger partial charge in [-0.25, -0.2) is 0 Å². The molecule has 1 atom stereocenters. The molecule has 2 heteroatoms. The normalized spacial score (nSPS) is 10.5. The fourth-order valence-electron chi connectivity index (χ4n) is 3.43. The summed E-state index contributed by atoms with van der Waals surface area (Å²) in [5.41, 5.74) is 0. The SMILES string of the molecule is Pc1cccc2ccccc12.c1ccc(P(c2ccccc2)c2ccccc2)cc1. The fourth-order valence-corrected chi connectivity index (χ4v) is 6.11. The first-order chi connectivity index (χ1) is 14.8. The Morgan fingerprint density at radius 2 is 0.800 bits per heavy atom. The van der Waals surface area contributed by atoms with Gasteiger partial charge in [-0.2, -0.15) is 0 Å². The van der Waals surface area contributed by atoms with Gasteiger partial charge in [0.05, 0.1) is 0 Å². The molecule has 0 saturated carbocycles. The summed E-state index contributed by atoms with van der Waals surface area (Å²) in [4.78, 5) is 0. The van der Waals surface area contributed by atoms with E-state index < -0.39 is 7.92 Å². The van der Waals surface area contributed by atoms with Gasteiger partial charge in [0.25, 0.3) is 0 Å². The second kappa shape index (κ2) is 10.3. The molecule has 5 aromatic carbocycles. The van der Waals surface area contributed by atoms with Gasteiger partial charge in [0.15, 0.2) is 0 Å². The minimum Gasteiger partial charge on any atom is -0.105 e. The van der Waals surface area contributed by atoms with E-state index in [-0.39, 0.29) is 0 Å². The van der Waals surface area contributed by atoms with Gasteiger partial charge in [0, 0.05) is 0 Å². The number of benzene rings is 5. The van der Waals surface area contributed by atoms with Crippen LogP contribution in [0.2, 0.25) is 0 Å². The van der Waals surface area contributed by atoms with Crippen LogP contribution in [0.4, 0.5) is 0 Å². The van der Waals surface area contributed by atoms with Gasteiger partial charge >= 0.3 is 0 Å². The molecule has 0 radical (unpaired) electrons. The standard InChI is InChI=1S/C18H15P.C10H9P/c1-4-10-16(11-5-1)19(17-12-6-2-7-13-17)18-14-8-3-9-15-18;11-10-7-3-5-8-4-1-2-6-9(8)10/h1-15H;1-7H,11H2. The van der Waals surface area contributed by atoms with Gasteiger partial charge in [-0.1, -0.05) is 133 Å². The Kier molecular flexibility index (Phi) is 7.04. The Labute approximate surface area is 182 Å². The molecule has 0 aliphatic carbocycles. The summed E-state index contributed by atoms with van der Waals surface area (Å²) < 4.78 is 0. The lowest BCUT2D eigenvalue weighted by molar-refractivity contribution is 1.74. The third-order valence-corrected chi connectivity index (χ3v) is 7.81. The Morgan fingerprint density at radius 3 is 1.27 bits per heavy atom. The van der Waals surface area contributed by atoms with Crippen LogP contribution in [0, 0.1) is 0 Å². The molecule has 0 aliphatic heterocycles. The second-order valence-electron chi connectivity index (χ2n) is 6.91. The van der Waals surface area contributed by atoms with E-state index in [1.165, 1.54) is 32.0 Å². The van der Waals surface area contributed by atoms with Crippen LogP contribution >= 0.6 is 17.2 Å². The van der Waals surface area contributed by atoms with E-state index in [9.17, 15) is 0 Å². The summed E-state index contributed by atoms with van der Waals surface area (Å²) in [5.74, 6) is 0. The van der Waals surface area contributed by atoms with Gasteiger partial charge in [-0.15, -0.1) is 9.24 Å². The highest BCUT2D eigenvalue weighted by atomic mass is 31.1. The van der Waals surface area contributed by atoms with Gasteiger partial charge in [-0.05, 0) is 39.9 Å². The maximum Gasteiger partial charge on any atom is -0.0112 e. The lowest BCUT2D eigenvalue weighted by Gasteiger charge is -2.18. The molecule has 0 spiro atoms. The summed E-state index contributed by atoms with van der Waals surface area (Å²) >= 11 is 0. The first-order valence-corrected chi connectivity index (χ1v) is 11.9. The number of rotatable bonds is 3. The highest BCUT2D eigenvalue weighted by Gasteiger charge is 2.14. The molecule has 0 fully saturated rings. The Balaban J connectivity index is 0.000000168. The number of fused-ring (bicyclic) bond motifs is 1. The first kappa shape index (κ1) is 20.5. The third-order valence-electron chi connectivity index (χ3n) is 4.87. The van der Waals surface area contributed by atoms with Gasteiger partial charge in [-0.3, -0.25) is 0 Å². The molecule has 5 rings (SSSR count). The largest absolute Gasteiger partial charge is 0.105 e. The maximum atomic E-state index is 2.74. The Bertz CT molecular complexity index is 1090. The van der Waals surface area contributed by atoms with Crippen LogP contribution < -0.4 is 21.2 Å². The molecular weight excluding hydrogens is 398 g/mol. The second-order valence-corrected chi connectivity index (χ2v) is 9.75. The zero-order valence-corrected chi connectivity index (χ0v) is 18.8. The lowest BCUT2D eigenvalue weighted by atomic mass is 10.1. The summed E-state index contributed by atoms with van der Waals surface area (Å²) in [6, 6.07) is 47.0. The molecule has 0 N–H and O–H groups in total. The highest BCUT2D eigenvalue weighted by Crippen LogP contribution is 2.32. The van der Waals surface area contributed by atoms with Crippen molar-refractivity contribution in [3.63, 3.8) is 0 Å². The molecule has 0 aromatic heterocycles. The lowest BCUT2D eigenvalue weighted by Crippen LogP contribution is -2.20. The average Bonchev–Trinajstić information content (AvgIpc) is 2.82. The van der Waals surface area contributed by atoms with E-state index in [0.717, 1.165) is 0 Å². The van der Waals surface area contributed by atoms with E-state index in [2.05, 4.69) is 143 Å². The molecular formula is C28H24P2. The highest BCUT2D eigenvalue weighted by molar-refractivity contribution is 7.79. The number of hydrogen-bond acceptors (Lipinski definition) is 0. The quantitative estimate of drug-likeness (QED) is 0.323. The van der Waals surface area contributed by atoms with Crippen molar-refractivity contribution < 1.29 is 0 Å². The van der Waals surface area contributed by atoms with Crippen molar-refractivity contribution in [1.82, 2.24) is 0 Å². The molecule has 0 bridgehead atoms. The molecule has 5 aromatic rings. The van der Waals surface area contributed by atoms with Crippen LogP contribution in [0.3, 0.4) is 0 Å². The molecule has 30 heavy (non-hydrogen) atoms. The fraction of sp³-hybridized carbons (Fsp3) is 0. The minimum absolute atomic E-state index is 0.446. The molecule has 0 saturated heterocycles. The summed E-state index contributed by atoms with van der Waals surface area (Å²) in [6.45, 7) is 0. The maximum absolute atomic E-state index is 2.74. The summed E-state index contributed by atoms with van der Waals surface area (Å²) in [7, 11) is 2.30. The van der Waals surface area contributed by atoms with E-state index in [4.69, 9.17) is 0 Å². The molecule has 0 amide bonds. The van der Waals surface area contributed by atoms with Crippen LogP contribution in [0.5, 0.6) is 0 Å². The zero-order chi connectivity index (χ0) is 20.6. The topological polar surface area (TPSA) is 0 Å². The van der Waals surface area contributed by atoms with Crippen LogP contribution in [-0.2, 0) is 0 Å². The molecule has 0 aliphatic rings. The molecule has 0 heterocycles. The monoisotopic (exact) mass is 422 g/mol. The predicted octanol–water partition coefficient (Wildman–Crippen LogP) is 5.79. The number of hydrogen-bond donors (Lipinski definition) is 0. The van der Waals surface area contributed by atoms with E-state index >= 15 is 0 Å². The summed E-state index contributed by atoms with van der Waals surface area (Å²) in [5, 5.41) is 8.09. The van der Waals surface area contributed by atoms with Crippen molar-refractivity contribution >= 4 is 49.2 Å². The van der Waals surface area contributed by atoms with E-state index in [1.54, 1.807) is 0 Å². The van der Waals surface area contributed by atoms with Crippen molar-refractivity contribution in [3.05, 3.63) is 133 Å². The van der Waals surface area contributed by atoms with Crippen molar-refractivity contribution in [2.24, 2.45) is 0 Å². The molecule has 0 nitrogen and oxygen atoms in total. The molecule has 146 valence electrons. The van der Waals surface area contributed by atoms with Crippen molar-refractivity contribution in [3.8, 4) is 0 Å². The first-order valence-electron chi connectivity index (χ1n) is 10.0.